The van der Waals surface area contributed by atoms with E-state index in [0.717, 1.165) is 19.3 Å². The SMILES string of the molecule is CCc1ccc(C(CC)N[C@H](CC)CO)cc1. The monoisotopic (exact) mass is 235 g/mol. The van der Waals surface area contributed by atoms with Crippen molar-refractivity contribution in [3.05, 3.63) is 35.4 Å². The smallest absolute Gasteiger partial charge is 0.0584 e. The Bertz CT molecular complexity index is 303. The van der Waals surface area contributed by atoms with Crippen molar-refractivity contribution in [2.75, 3.05) is 6.61 Å². The fraction of sp³-hybridized carbons (Fsp3) is 0.600. The molecule has 0 fully saturated rings. The zero-order valence-electron chi connectivity index (χ0n) is 11.2. The molecule has 1 unspecified atom stereocenters. The summed E-state index contributed by atoms with van der Waals surface area (Å²) in [5.41, 5.74) is 2.69. The lowest BCUT2D eigenvalue weighted by Gasteiger charge is -2.23. The van der Waals surface area contributed by atoms with Gasteiger partial charge in [-0.15, -0.1) is 0 Å². The van der Waals surface area contributed by atoms with Crippen LogP contribution in [0.15, 0.2) is 24.3 Å². The molecule has 0 saturated carbocycles. The highest BCUT2D eigenvalue weighted by atomic mass is 16.3. The minimum atomic E-state index is 0.200. The molecular weight excluding hydrogens is 210 g/mol. The fourth-order valence-corrected chi connectivity index (χ4v) is 2.02. The Morgan fingerprint density at radius 3 is 2.12 bits per heavy atom. The number of benzene rings is 1. The van der Waals surface area contributed by atoms with Gasteiger partial charge in [-0.3, -0.25) is 0 Å². The largest absolute Gasteiger partial charge is 0.395 e. The van der Waals surface area contributed by atoms with Gasteiger partial charge in [0.1, 0.15) is 0 Å². The van der Waals surface area contributed by atoms with Crippen LogP contribution in [0.4, 0.5) is 0 Å². The fourth-order valence-electron chi connectivity index (χ4n) is 2.02. The third-order valence-electron chi connectivity index (χ3n) is 3.35. The van der Waals surface area contributed by atoms with E-state index in [2.05, 4.69) is 50.4 Å². The number of hydrogen-bond donors (Lipinski definition) is 2. The first-order valence-electron chi connectivity index (χ1n) is 6.70. The van der Waals surface area contributed by atoms with Crippen molar-refractivity contribution in [2.45, 2.75) is 52.1 Å². The highest BCUT2D eigenvalue weighted by Crippen LogP contribution is 2.18. The molecule has 0 radical (unpaired) electrons. The molecule has 0 aliphatic rings. The van der Waals surface area contributed by atoms with Gasteiger partial charge in [-0.2, -0.15) is 0 Å². The van der Waals surface area contributed by atoms with Crippen LogP contribution in [0.2, 0.25) is 0 Å². The maximum absolute atomic E-state index is 9.24. The van der Waals surface area contributed by atoms with Gasteiger partial charge in [0.15, 0.2) is 0 Å². The van der Waals surface area contributed by atoms with Crippen molar-refractivity contribution in [3.8, 4) is 0 Å². The summed E-state index contributed by atoms with van der Waals surface area (Å²) in [6.07, 6.45) is 3.08. The van der Waals surface area contributed by atoms with E-state index in [-0.39, 0.29) is 12.6 Å². The van der Waals surface area contributed by atoms with Crippen LogP contribution in [0.25, 0.3) is 0 Å². The Morgan fingerprint density at radius 2 is 1.71 bits per heavy atom. The van der Waals surface area contributed by atoms with Crippen LogP contribution < -0.4 is 5.32 Å². The summed E-state index contributed by atoms with van der Waals surface area (Å²) in [6, 6.07) is 9.33. The Morgan fingerprint density at radius 1 is 1.06 bits per heavy atom. The van der Waals surface area contributed by atoms with Crippen molar-refractivity contribution in [1.82, 2.24) is 5.32 Å². The molecule has 2 nitrogen and oxygen atoms in total. The number of aliphatic hydroxyl groups excluding tert-OH is 1. The van der Waals surface area contributed by atoms with E-state index in [9.17, 15) is 5.11 Å². The van der Waals surface area contributed by atoms with Gasteiger partial charge in [-0.1, -0.05) is 45.0 Å². The molecule has 0 aliphatic carbocycles. The summed E-state index contributed by atoms with van der Waals surface area (Å²) >= 11 is 0. The Labute approximate surface area is 105 Å². The molecule has 0 heterocycles. The Balaban J connectivity index is 2.71. The van der Waals surface area contributed by atoms with E-state index in [0.29, 0.717) is 6.04 Å². The van der Waals surface area contributed by atoms with Crippen LogP contribution in [-0.4, -0.2) is 17.8 Å². The molecule has 0 saturated heterocycles. The van der Waals surface area contributed by atoms with Crippen molar-refractivity contribution in [3.63, 3.8) is 0 Å². The van der Waals surface area contributed by atoms with Gasteiger partial charge in [0, 0.05) is 12.1 Å². The van der Waals surface area contributed by atoms with E-state index in [1.54, 1.807) is 0 Å². The summed E-state index contributed by atoms with van der Waals surface area (Å²) in [6.45, 7) is 6.65. The molecule has 96 valence electrons. The molecule has 0 aromatic heterocycles. The van der Waals surface area contributed by atoms with Crippen LogP contribution in [-0.2, 0) is 6.42 Å². The van der Waals surface area contributed by atoms with Crippen molar-refractivity contribution in [2.24, 2.45) is 0 Å². The van der Waals surface area contributed by atoms with Crippen LogP contribution in [0.3, 0.4) is 0 Å². The second-order valence-electron chi connectivity index (χ2n) is 4.51. The van der Waals surface area contributed by atoms with E-state index >= 15 is 0 Å². The van der Waals surface area contributed by atoms with Gasteiger partial charge in [0.2, 0.25) is 0 Å². The average molecular weight is 235 g/mol. The van der Waals surface area contributed by atoms with E-state index in [1.165, 1.54) is 11.1 Å². The van der Waals surface area contributed by atoms with Crippen molar-refractivity contribution < 1.29 is 5.11 Å². The molecule has 17 heavy (non-hydrogen) atoms. The zero-order chi connectivity index (χ0) is 12.7. The second kappa shape index (κ2) is 7.46. The number of nitrogens with one attached hydrogen (secondary N) is 1. The average Bonchev–Trinajstić information content (AvgIpc) is 2.40. The van der Waals surface area contributed by atoms with Crippen LogP contribution in [0.1, 0.15) is 50.8 Å². The third-order valence-corrected chi connectivity index (χ3v) is 3.35. The summed E-state index contributed by atoms with van der Waals surface area (Å²) in [7, 11) is 0. The number of aryl methyl sites for hydroxylation is 1. The lowest BCUT2D eigenvalue weighted by atomic mass is 10.0. The molecule has 2 atom stereocenters. The predicted octanol–water partition coefficient (Wildman–Crippen LogP) is 3.06. The summed E-state index contributed by atoms with van der Waals surface area (Å²) < 4.78 is 0. The standard InChI is InChI=1S/C15H25NO/c1-4-12-7-9-13(10-8-12)15(6-3)16-14(5-2)11-17/h7-10,14-17H,4-6,11H2,1-3H3/t14-,15?/m1/s1. The van der Waals surface area contributed by atoms with E-state index in [4.69, 9.17) is 0 Å². The van der Waals surface area contributed by atoms with Gasteiger partial charge in [-0.05, 0) is 30.4 Å². The maximum atomic E-state index is 9.24. The van der Waals surface area contributed by atoms with Crippen LogP contribution >= 0.6 is 0 Å². The molecule has 2 N–H and O–H groups in total. The molecule has 0 aliphatic heterocycles. The molecular formula is C15H25NO. The minimum absolute atomic E-state index is 0.200. The number of rotatable bonds is 7. The number of hydrogen-bond acceptors (Lipinski definition) is 2. The predicted molar refractivity (Wildman–Crippen MR) is 73.2 cm³/mol. The minimum Gasteiger partial charge on any atom is -0.395 e. The first kappa shape index (κ1) is 14.2. The highest BCUT2D eigenvalue weighted by molar-refractivity contribution is 5.25. The van der Waals surface area contributed by atoms with Crippen molar-refractivity contribution in [1.29, 1.82) is 0 Å². The summed E-state index contributed by atoms with van der Waals surface area (Å²) in [5, 5.41) is 12.7. The van der Waals surface area contributed by atoms with Gasteiger partial charge in [0.05, 0.1) is 6.61 Å². The molecule has 2 heteroatoms. The third kappa shape index (κ3) is 4.14. The van der Waals surface area contributed by atoms with Crippen LogP contribution in [0, 0.1) is 0 Å². The van der Waals surface area contributed by atoms with Crippen LogP contribution in [0.5, 0.6) is 0 Å². The first-order chi connectivity index (χ1) is 8.24. The van der Waals surface area contributed by atoms with Gasteiger partial charge in [-0.25, -0.2) is 0 Å². The van der Waals surface area contributed by atoms with Crippen molar-refractivity contribution >= 4 is 0 Å². The summed E-state index contributed by atoms with van der Waals surface area (Å²) in [4.78, 5) is 0. The second-order valence-corrected chi connectivity index (χ2v) is 4.51. The molecule has 1 aromatic rings. The Hall–Kier alpha value is -0.860. The highest BCUT2D eigenvalue weighted by Gasteiger charge is 2.13. The van der Waals surface area contributed by atoms with E-state index < -0.39 is 0 Å². The lowest BCUT2D eigenvalue weighted by Crippen LogP contribution is -2.34. The summed E-state index contributed by atoms with van der Waals surface area (Å²) in [5.74, 6) is 0. The lowest BCUT2D eigenvalue weighted by molar-refractivity contribution is 0.226. The number of aliphatic hydroxyl groups is 1. The molecule has 0 bridgehead atoms. The molecule has 1 rings (SSSR count). The van der Waals surface area contributed by atoms with Gasteiger partial charge in [0.25, 0.3) is 0 Å². The molecule has 1 aromatic carbocycles. The molecule has 0 amide bonds. The van der Waals surface area contributed by atoms with E-state index in [1.807, 2.05) is 0 Å². The maximum Gasteiger partial charge on any atom is 0.0584 e. The zero-order valence-corrected chi connectivity index (χ0v) is 11.2. The molecule has 0 spiro atoms. The Kier molecular flexibility index (Phi) is 6.23. The topological polar surface area (TPSA) is 32.3 Å². The first-order valence-corrected chi connectivity index (χ1v) is 6.70. The quantitative estimate of drug-likeness (QED) is 0.761. The van der Waals surface area contributed by atoms with Gasteiger partial charge < -0.3 is 10.4 Å². The normalized spacial score (nSPS) is 14.6. The van der Waals surface area contributed by atoms with Gasteiger partial charge >= 0.3 is 0 Å².